The lowest BCUT2D eigenvalue weighted by Gasteiger charge is -2.06. The molecular weight excluding hydrogens is 695 g/mol. The Balaban J connectivity index is 0.000000147. The zero-order valence-electron chi connectivity index (χ0n) is 18.5. The molecule has 35 heavy (non-hydrogen) atoms. The molecule has 8 nitrogen and oxygen atoms in total. The van der Waals surface area contributed by atoms with Crippen LogP contribution in [0.4, 0.5) is 0 Å². The van der Waals surface area contributed by atoms with Crippen molar-refractivity contribution in [2.24, 2.45) is 0 Å². The third-order valence-electron chi connectivity index (χ3n) is 5.47. The molecule has 0 saturated carbocycles. The summed E-state index contributed by atoms with van der Waals surface area (Å²) in [5.41, 5.74) is 2.24. The number of hydrogen-bond acceptors (Lipinski definition) is 6. The molecule has 0 radical (unpaired) electrons. The highest BCUT2D eigenvalue weighted by molar-refractivity contribution is 14.1. The summed E-state index contributed by atoms with van der Waals surface area (Å²) < 4.78 is 23.1. The number of nitrogens with zero attached hydrogens (tertiary/aromatic N) is 4. The summed E-state index contributed by atoms with van der Waals surface area (Å²) in [6.07, 6.45) is 3.75. The first-order valence-electron chi connectivity index (χ1n) is 10.7. The Hall–Kier alpha value is -2.38. The third kappa shape index (κ3) is 5.12. The van der Waals surface area contributed by atoms with Crippen molar-refractivity contribution >= 4 is 60.4 Å². The fourth-order valence-corrected chi connectivity index (χ4v) is 5.13. The fourth-order valence-electron chi connectivity index (χ4n) is 3.88. The molecule has 180 valence electrons. The minimum absolute atomic E-state index is 0.313. The minimum atomic E-state index is -0.430. The molecule has 0 N–H and O–H groups in total. The molecule has 0 spiro atoms. The van der Waals surface area contributed by atoms with Crippen LogP contribution in [-0.4, -0.2) is 45.4 Å². The van der Waals surface area contributed by atoms with Gasteiger partial charge < -0.3 is 23.3 Å². The van der Waals surface area contributed by atoms with Gasteiger partial charge in [0.25, 0.3) is 0 Å². The maximum absolute atomic E-state index is 11.5. The highest BCUT2D eigenvalue weighted by Gasteiger charge is 2.21. The van der Waals surface area contributed by atoms with Crippen LogP contribution in [0.2, 0.25) is 0 Å². The lowest BCUT2D eigenvalue weighted by atomic mass is 10.2. The number of ether oxygens (including phenoxy) is 3. The number of hydrogen-bond donors (Lipinski definition) is 0. The van der Waals surface area contributed by atoms with Crippen molar-refractivity contribution in [2.45, 2.75) is 13.1 Å². The molecule has 4 heterocycles. The van der Waals surface area contributed by atoms with Crippen molar-refractivity contribution in [1.29, 1.82) is 0 Å². The van der Waals surface area contributed by atoms with E-state index in [2.05, 4.69) is 75.2 Å². The highest BCUT2D eigenvalue weighted by atomic mass is 127. The fraction of sp³-hybridized carbons (Fsp3) is 0.208. The molecule has 4 aromatic rings. The SMILES string of the molecule is Brc1ccc2c(c1)OCCn1cc(I)nc1-2.COC(=O)c1cn2c(n1)-c1ccc(Br)cc1OCC2. The van der Waals surface area contributed by atoms with Gasteiger partial charge in [-0.05, 0) is 59.0 Å². The van der Waals surface area contributed by atoms with Crippen LogP contribution >= 0.6 is 54.5 Å². The van der Waals surface area contributed by atoms with Gasteiger partial charge in [-0.1, -0.05) is 31.9 Å². The Morgan fingerprint density at radius 3 is 2.03 bits per heavy atom. The first-order chi connectivity index (χ1) is 16.9. The van der Waals surface area contributed by atoms with Crippen LogP contribution in [0.25, 0.3) is 22.8 Å². The van der Waals surface area contributed by atoms with E-state index in [9.17, 15) is 4.79 Å². The zero-order chi connectivity index (χ0) is 24.5. The van der Waals surface area contributed by atoms with Gasteiger partial charge in [0.15, 0.2) is 5.69 Å². The van der Waals surface area contributed by atoms with Gasteiger partial charge in [0.1, 0.15) is 40.1 Å². The van der Waals surface area contributed by atoms with E-state index in [1.54, 1.807) is 6.20 Å². The molecule has 0 unspecified atom stereocenters. The molecule has 2 aromatic heterocycles. The summed E-state index contributed by atoms with van der Waals surface area (Å²) in [6.45, 7) is 2.71. The van der Waals surface area contributed by atoms with E-state index < -0.39 is 5.97 Å². The number of rotatable bonds is 1. The van der Waals surface area contributed by atoms with Crippen molar-refractivity contribution in [3.8, 4) is 34.3 Å². The predicted octanol–water partition coefficient (Wildman–Crippen LogP) is 5.80. The van der Waals surface area contributed by atoms with Crippen LogP contribution in [-0.2, 0) is 17.8 Å². The van der Waals surface area contributed by atoms with Crippen LogP contribution in [0.3, 0.4) is 0 Å². The number of benzene rings is 2. The quantitative estimate of drug-likeness (QED) is 0.183. The van der Waals surface area contributed by atoms with E-state index in [0.717, 1.165) is 53.5 Å². The molecule has 2 aromatic carbocycles. The average Bonchev–Trinajstić information content (AvgIpc) is 3.33. The molecular formula is C24H19Br2IN4O4. The van der Waals surface area contributed by atoms with Crippen molar-refractivity contribution < 1.29 is 19.0 Å². The second-order valence-electron chi connectivity index (χ2n) is 7.69. The Kier molecular flexibility index (Phi) is 7.17. The molecule has 2 aliphatic rings. The smallest absolute Gasteiger partial charge is 0.358 e. The van der Waals surface area contributed by atoms with E-state index in [1.165, 1.54) is 7.11 Å². The summed E-state index contributed by atoms with van der Waals surface area (Å²) in [6, 6.07) is 11.8. The molecule has 0 atom stereocenters. The van der Waals surface area contributed by atoms with E-state index >= 15 is 0 Å². The number of imidazole rings is 2. The normalized spacial score (nSPS) is 13.3. The Morgan fingerprint density at radius 2 is 1.46 bits per heavy atom. The van der Waals surface area contributed by atoms with Crippen LogP contribution in [0, 0.1) is 3.70 Å². The maximum Gasteiger partial charge on any atom is 0.358 e. The van der Waals surface area contributed by atoms with Crippen LogP contribution in [0.1, 0.15) is 10.5 Å². The maximum atomic E-state index is 11.5. The summed E-state index contributed by atoms with van der Waals surface area (Å²) in [5.74, 6) is 2.94. The standard InChI is InChI=1S/C13H11BrN2O3.C11H8BrIN2O/c1-18-13(17)10-7-16-4-5-19-11-6-8(14)2-3-9(11)12(16)15-10;12-7-1-2-8-9(5-7)16-4-3-15-6-10(13)14-11(8)15/h2-3,6-7H,4-5H2,1H3;1-2,5-6H,3-4H2. The Bertz CT molecular complexity index is 1420. The molecule has 0 saturated heterocycles. The summed E-state index contributed by atoms with van der Waals surface area (Å²) in [4.78, 5) is 20.4. The number of carbonyl (C=O) groups is 1. The molecule has 0 amide bonds. The molecule has 2 aliphatic heterocycles. The number of carbonyl (C=O) groups excluding carboxylic acids is 1. The van der Waals surface area contributed by atoms with Gasteiger partial charge >= 0.3 is 5.97 Å². The van der Waals surface area contributed by atoms with E-state index in [4.69, 9.17) is 14.2 Å². The van der Waals surface area contributed by atoms with Crippen LogP contribution in [0.15, 0.2) is 57.7 Å². The van der Waals surface area contributed by atoms with Crippen molar-refractivity contribution in [3.63, 3.8) is 0 Å². The first kappa shape index (κ1) is 24.3. The summed E-state index contributed by atoms with van der Waals surface area (Å²) in [7, 11) is 1.35. The van der Waals surface area contributed by atoms with Gasteiger partial charge in [-0.3, -0.25) is 0 Å². The molecule has 6 rings (SSSR count). The van der Waals surface area contributed by atoms with Crippen molar-refractivity contribution in [2.75, 3.05) is 20.3 Å². The molecule has 11 heteroatoms. The lowest BCUT2D eigenvalue weighted by molar-refractivity contribution is 0.0594. The van der Waals surface area contributed by atoms with Gasteiger partial charge in [-0.25, -0.2) is 14.8 Å². The summed E-state index contributed by atoms with van der Waals surface area (Å²) >= 11 is 9.10. The summed E-state index contributed by atoms with van der Waals surface area (Å²) in [5, 5.41) is 0. The lowest BCUT2D eigenvalue weighted by Crippen LogP contribution is -2.05. The van der Waals surface area contributed by atoms with Crippen LogP contribution in [0.5, 0.6) is 11.5 Å². The Morgan fingerprint density at radius 1 is 0.914 bits per heavy atom. The molecule has 0 aliphatic carbocycles. The topological polar surface area (TPSA) is 80.4 Å². The third-order valence-corrected chi connectivity index (χ3v) is 6.97. The number of aromatic nitrogens is 4. The van der Waals surface area contributed by atoms with Gasteiger partial charge in [0.05, 0.1) is 31.3 Å². The zero-order valence-corrected chi connectivity index (χ0v) is 23.8. The number of esters is 1. The number of fused-ring (bicyclic) bond motifs is 6. The second kappa shape index (κ2) is 10.3. The van der Waals surface area contributed by atoms with Gasteiger partial charge in [-0.15, -0.1) is 0 Å². The average molecular weight is 714 g/mol. The molecule has 0 fully saturated rings. The van der Waals surface area contributed by atoms with E-state index in [-0.39, 0.29) is 0 Å². The van der Waals surface area contributed by atoms with Gasteiger partial charge in [0.2, 0.25) is 0 Å². The van der Waals surface area contributed by atoms with Gasteiger partial charge in [-0.2, -0.15) is 0 Å². The number of halogens is 3. The monoisotopic (exact) mass is 712 g/mol. The molecule has 0 bridgehead atoms. The van der Waals surface area contributed by atoms with E-state index in [0.29, 0.717) is 25.5 Å². The van der Waals surface area contributed by atoms with Crippen molar-refractivity contribution in [3.05, 3.63) is 67.1 Å². The largest absolute Gasteiger partial charge is 0.491 e. The second-order valence-corrected chi connectivity index (χ2v) is 10.6. The Labute approximate surface area is 232 Å². The minimum Gasteiger partial charge on any atom is -0.491 e. The van der Waals surface area contributed by atoms with Gasteiger partial charge in [0, 0.05) is 21.3 Å². The van der Waals surface area contributed by atoms with Crippen LogP contribution < -0.4 is 9.47 Å². The first-order valence-corrected chi connectivity index (χ1v) is 13.3. The van der Waals surface area contributed by atoms with E-state index in [1.807, 2.05) is 41.0 Å². The predicted molar refractivity (Wildman–Crippen MR) is 146 cm³/mol. The number of methoxy groups -OCH3 is 1. The highest BCUT2D eigenvalue weighted by Crippen LogP contribution is 2.35. The van der Waals surface area contributed by atoms with Crippen molar-refractivity contribution in [1.82, 2.24) is 19.1 Å².